The Labute approximate surface area is 137 Å². The molecule has 0 heterocycles. The van der Waals surface area contributed by atoms with Gasteiger partial charge in [-0.2, -0.15) is 5.26 Å². The third-order valence-electron chi connectivity index (χ3n) is 2.70. The second-order valence-corrected chi connectivity index (χ2v) is 5.95. The summed E-state index contributed by atoms with van der Waals surface area (Å²) in [4.78, 5) is 10.6. The molecule has 0 saturated carbocycles. The van der Waals surface area contributed by atoms with Crippen LogP contribution in [0.25, 0.3) is 0 Å². The van der Waals surface area contributed by atoms with Gasteiger partial charge in [-0.3, -0.25) is 10.1 Å². The Morgan fingerprint density at radius 3 is 2.57 bits per heavy atom. The van der Waals surface area contributed by atoms with Crippen LogP contribution in [0.2, 0.25) is 0 Å². The van der Waals surface area contributed by atoms with Crippen molar-refractivity contribution in [2.45, 2.75) is 6.92 Å². The first-order chi connectivity index (χ1) is 9.92. The van der Waals surface area contributed by atoms with E-state index in [1.165, 1.54) is 6.07 Å². The van der Waals surface area contributed by atoms with Gasteiger partial charge in [0.25, 0.3) is 0 Å². The van der Waals surface area contributed by atoms with Crippen LogP contribution in [0.1, 0.15) is 11.1 Å². The SMILES string of the molecule is Cc1cc(Br)cc([N+](=O)[O-])c1Oc1ccc(C#N)c(Br)c1. The molecule has 0 aromatic heterocycles. The van der Waals surface area contributed by atoms with E-state index in [4.69, 9.17) is 10.00 Å². The molecule has 0 unspecified atom stereocenters. The Morgan fingerprint density at radius 2 is 2.00 bits per heavy atom. The zero-order chi connectivity index (χ0) is 15.6. The molecule has 0 spiro atoms. The molecule has 0 fully saturated rings. The fourth-order valence-corrected chi connectivity index (χ4v) is 2.76. The molecule has 5 nitrogen and oxygen atoms in total. The van der Waals surface area contributed by atoms with E-state index in [0.717, 1.165) is 0 Å². The second kappa shape index (κ2) is 6.24. The van der Waals surface area contributed by atoms with E-state index in [1.54, 1.807) is 31.2 Å². The van der Waals surface area contributed by atoms with E-state index in [0.29, 0.717) is 25.8 Å². The lowest BCUT2D eigenvalue weighted by Crippen LogP contribution is -1.96. The Kier molecular flexibility index (Phi) is 4.60. The summed E-state index contributed by atoms with van der Waals surface area (Å²) in [6.45, 7) is 1.73. The van der Waals surface area contributed by atoms with Gasteiger partial charge in [-0.05, 0) is 52.7 Å². The highest BCUT2D eigenvalue weighted by atomic mass is 79.9. The topological polar surface area (TPSA) is 76.2 Å². The molecule has 7 heteroatoms. The van der Waals surface area contributed by atoms with Gasteiger partial charge in [0.05, 0.1) is 10.5 Å². The monoisotopic (exact) mass is 410 g/mol. The first-order valence-electron chi connectivity index (χ1n) is 5.74. The highest BCUT2D eigenvalue weighted by Gasteiger charge is 2.20. The number of benzene rings is 2. The van der Waals surface area contributed by atoms with Crippen molar-refractivity contribution in [1.82, 2.24) is 0 Å². The van der Waals surface area contributed by atoms with E-state index < -0.39 is 4.92 Å². The molecule has 0 N–H and O–H groups in total. The Morgan fingerprint density at radius 1 is 1.29 bits per heavy atom. The summed E-state index contributed by atoms with van der Waals surface area (Å²) < 4.78 is 6.82. The lowest BCUT2D eigenvalue weighted by atomic mass is 10.2. The zero-order valence-corrected chi connectivity index (χ0v) is 13.9. The van der Waals surface area contributed by atoms with Crippen molar-refractivity contribution in [3.63, 3.8) is 0 Å². The molecule has 0 saturated heterocycles. The summed E-state index contributed by atoms with van der Waals surface area (Å²) >= 11 is 6.48. The van der Waals surface area contributed by atoms with Crippen LogP contribution in [0, 0.1) is 28.4 Å². The fourth-order valence-electron chi connectivity index (χ4n) is 1.75. The highest BCUT2D eigenvalue weighted by Crippen LogP contribution is 2.38. The molecule has 0 bridgehead atoms. The van der Waals surface area contributed by atoms with Crippen LogP contribution in [0.3, 0.4) is 0 Å². The van der Waals surface area contributed by atoms with E-state index in [9.17, 15) is 10.1 Å². The zero-order valence-electron chi connectivity index (χ0n) is 10.8. The van der Waals surface area contributed by atoms with Crippen LogP contribution in [0.15, 0.2) is 39.3 Å². The van der Waals surface area contributed by atoms with Crippen molar-refractivity contribution in [3.8, 4) is 17.6 Å². The number of rotatable bonds is 3. The summed E-state index contributed by atoms with van der Waals surface area (Å²) in [5.74, 6) is 0.592. The number of halogens is 2. The van der Waals surface area contributed by atoms with Crippen molar-refractivity contribution >= 4 is 37.5 Å². The van der Waals surface area contributed by atoms with Crippen molar-refractivity contribution in [1.29, 1.82) is 5.26 Å². The third kappa shape index (κ3) is 3.40. The molecule has 21 heavy (non-hydrogen) atoms. The number of nitrogens with zero attached hydrogens (tertiary/aromatic N) is 2. The first-order valence-corrected chi connectivity index (χ1v) is 7.33. The quantitative estimate of drug-likeness (QED) is 0.520. The number of nitriles is 1. The number of hydrogen-bond acceptors (Lipinski definition) is 4. The van der Waals surface area contributed by atoms with Crippen LogP contribution >= 0.6 is 31.9 Å². The van der Waals surface area contributed by atoms with Gasteiger partial charge >= 0.3 is 5.69 Å². The predicted octanol–water partition coefficient (Wildman–Crippen LogP) is 5.09. The van der Waals surface area contributed by atoms with Gasteiger partial charge in [0.1, 0.15) is 11.8 Å². The normalized spacial score (nSPS) is 10.0. The molecule has 0 radical (unpaired) electrons. The lowest BCUT2D eigenvalue weighted by Gasteiger charge is -2.10. The highest BCUT2D eigenvalue weighted by molar-refractivity contribution is 9.10. The molecule has 0 aliphatic heterocycles. The van der Waals surface area contributed by atoms with Crippen LogP contribution in [-0.2, 0) is 0 Å². The third-order valence-corrected chi connectivity index (χ3v) is 3.81. The molecule has 0 aliphatic carbocycles. The number of hydrogen-bond donors (Lipinski definition) is 0. The lowest BCUT2D eigenvalue weighted by molar-refractivity contribution is -0.385. The van der Waals surface area contributed by atoms with Crippen molar-refractivity contribution in [2.24, 2.45) is 0 Å². The standard InChI is InChI=1S/C14H8Br2N2O3/c1-8-4-10(15)5-13(18(19)20)14(8)21-11-3-2-9(7-17)12(16)6-11/h2-6H,1H3. The maximum absolute atomic E-state index is 11.1. The number of nitro groups is 1. The molecular weight excluding hydrogens is 404 g/mol. The van der Waals surface area contributed by atoms with Crippen molar-refractivity contribution in [3.05, 3.63) is 60.5 Å². The van der Waals surface area contributed by atoms with E-state index in [1.807, 2.05) is 6.07 Å². The predicted molar refractivity (Wildman–Crippen MR) is 84.5 cm³/mol. The van der Waals surface area contributed by atoms with Gasteiger partial charge in [-0.15, -0.1) is 0 Å². The Balaban J connectivity index is 2.47. The minimum atomic E-state index is -0.494. The maximum Gasteiger partial charge on any atom is 0.312 e. The summed E-state index contributed by atoms with van der Waals surface area (Å²) in [6.07, 6.45) is 0. The van der Waals surface area contributed by atoms with E-state index in [2.05, 4.69) is 31.9 Å². The number of nitro benzene ring substituents is 1. The minimum absolute atomic E-state index is 0.123. The van der Waals surface area contributed by atoms with Crippen LogP contribution in [0.5, 0.6) is 11.5 Å². The maximum atomic E-state index is 11.1. The number of aryl methyl sites for hydroxylation is 1. The van der Waals surface area contributed by atoms with Gasteiger partial charge in [0, 0.05) is 15.0 Å². The Hall–Kier alpha value is -1.91. The summed E-state index contributed by atoms with van der Waals surface area (Å²) in [6, 6.07) is 9.92. The summed E-state index contributed by atoms with van der Waals surface area (Å²) in [5.41, 5.74) is 0.975. The molecule has 0 amide bonds. The largest absolute Gasteiger partial charge is 0.450 e. The molecule has 2 aromatic carbocycles. The van der Waals surface area contributed by atoms with Crippen LogP contribution in [-0.4, -0.2) is 4.92 Å². The van der Waals surface area contributed by atoms with Crippen molar-refractivity contribution < 1.29 is 9.66 Å². The average Bonchev–Trinajstić information content (AvgIpc) is 2.41. The first kappa shape index (κ1) is 15.5. The molecule has 0 aliphatic rings. The van der Waals surface area contributed by atoms with Gasteiger partial charge in [0.15, 0.2) is 0 Å². The van der Waals surface area contributed by atoms with Gasteiger partial charge < -0.3 is 4.74 Å². The molecule has 2 aromatic rings. The van der Waals surface area contributed by atoms with Crippen LogP contribution in [0.4, 0.5) is 5.69 Å². The average molecular weight is 412 g/mol. The van der Waals surface area contributed by atoms with Gasteiger partial charge in [-0.25, -0.2) is 0 Å². The number of ether oxygens (including phenoxy) is 1. The smallest absolute Gasteiger partial charge is 0.312 e. The summed E-state index contributed by atoms with van der Waals surface area (Å²) in [7, 11) is 0. The molecule has 0 atom stereocenters. The van der Waals surface area contributed by atoms with Crippen LogP contribution < -0.4 is 4.74 Å². The van der Waals surface area contributed by atoms with Crippen molar-refractivity contribution in [2.75, 3.05) is 0 Å². The summed E-state index contributed by atoms with van der Waals surface area (Å²) in [5, 5.41) is 20.0. The van der Waals surface area contributed by atoms with Gasteiger partial charge in [0.2, 0.25) is 5.75 Å². The fraction of sp³-hybridized carbons (Fsp3) is 0.0714. The van der Waals surface area contributed by atoms with Gasteiger partial charge in [-0.1, -0.05) is 15.9 Å². The molecular formula is C14H8Br2N2O3. The minimum Gasteiger partial charge on any atom is -0.450 e. The molecule has 2 rings (SSSR count). The van der Waals surface area contributed by atoms with E-state index >= 15 is 0 Å². The van der Waals surface area contributed by atoms with E-state index in [-0.39, 0.29) is 11.4 Å². The Bertz CT molecular complexity index is 770. The second-order valence-electron chi connectivity index (χ2n) is 4.18. The molecule has 106 valence electrons.